The van der Waals surface area contributed by atoms with Gasteiger partial charge in [-0.2, -0.15) is 0 Å². The highest BCUT2D eigenvalue weighted by molar-refractivity contribution is 4.85. The van der Waals surface area contributed by atoms with Crippen LogP contribution in [0, 0.1) is 23.7 Å². The summed E-state index contributed by atoms with van der Waals surface area (Å²) in [5.41, 5.74) is 17.6. The first-order valence-corrected chi connectivity index (χ1v) is 12.4. The number of hydrogen-bond acceptors (Lipinski definition) is 4. The van der Waals surface area contributed by atoms with Crippen LogP contribution in [0.3, 0.4) is 0 Å². The van der Waals surface area contributed by atoms with E-state index >= 15 is 0 Å². The molecule has 0 bridgehead atoms. The van der Waals surface area contributed by atoms with Crippen LogP contribution in [0.4, 0.5) is 0 Å². The van der Waals surface area contributed by atoms with Crippen molar-refractivity contribution < 1.29 is 0 Å². The molecule has 3 aliphatic carbocycles. The Hall–Kier alpha value is -0.160. The van der Waals surface area contributed by atoms with Crippen LogP contribution in [-0.4, -0.2) is 31.2 Å². The van der Waals surface area contributed by atoms with Gasteiger partial charge in [0.15, 0.2) is 0 Å². The summed E-state index contributed by atoms with van der Waals surface area (Å²) in [4.78, 5) is 0. The van der Waals surface area contributed by atoms with Crippen LogP contribution in [0.1, 0.15) is 97.3 Å². The van der Waals surface area contributed by atoms with E-state index in [-0.39, 0.29) is 0 Å². The zero-order chi connectivity index (χ0) is 20.4. The van der Waals surface area contributed by atoms with Crippen molar-refractivity contribution in [2.45, 2.75) is 115 Å². The van der Waals surface area contributed by atoms with Crippen molar-refractivity contribution in [1.82, 2.24) is 5.32 Å². The fourth-order valence-corrected chi connectivity index (χ4v) is 5.68. The second-order valence-electron chi connectivity index (χ2n) is 10.3. The molecule has 4 nitrogen and oxygen atoms in total. The minimum atomic E-state index is 0.463. The molecule has 0 amide bonds. The van der Waals surface area contributed by atoms with Crippen LogP contribution in [0.25, 0.3) is 0 Å². The van der Waals surface area contributed by atoms with Crippen molar-refractivity contribution in [3.8, 4) is 0 Å². The highest BCUT2D eigenvalue weighted by Crippen LogP contribution is 2.38. The second kappa shape index (κ2) is 13.2. The Balaban J connectivity index is 0.000000221. The smallest absolute Gasteiger partial charge is 0.00670 e. The minimum absolute atomic E-state index is 0.463. The molecule has 166 valence electrons. The van der Waals surface area contributed by atoms with Gasteiger partial charge < -0.3 is 22.5 Å². The second-order valence-corrected chi connectivity index (χ2v) is 10.3. The van der Waals surface area contributed by atoms with E-state index in [1.165, 1.54) is 77.0 Å². The molecule has 6 atom stereocenters. The summed E-state index contributed by atoms with van der Waals surface area (Å²) in [6.45, 7) is 6.59. The Kier molecular flexibility index (Phi) is 11.4. The SMILES string of the molecule is CC1CC(CC2CCC(N)C(C)C2)CCC1N.NCCCNC1CCCCC1. The molecule has 0 aromatic carbocycles. The lowest BCUT2D eigenvalue weighted by Gasteiger charge is -2.37. The van der Waals surface area contributed by atoms with Crippen molar-refractivity contribution in [3.63, 3.8) is 0 Å². The van der Waals surface area contributed by atoms with Gasteiger partial charge in [0.1, 0.15) is 0 Å². The van der Waals surface area contributed by atoms with Crippen LogP contribution in [-0.2, 0) is 0 Å². The van der Waals surface area contributed by atoms with Gasteiger partial charge in [0.25, 0.3) is 0 Å². The lowest BCUT2D eigenvalue weighted by atomic mass is 9.71. The molecule has 4 heteroatoms. The molecular weight excluding hydrogens is 344 g/mol. The molecule has 0 spiro atoms. The number of hydrogen-bond donors (Lipinski definition) is 4. The molecule has 0 saturated heterocycles. The monoisotopic (exact) mass is 394 g/mol. The standard InChI is InChI=1S/C15H30N2.C9H20N2/c1-10-7-12(3-5-14(10)16)9-13-4-6-15(17)11(2)8-13;10-7-4-8-11-9-5-2-1-3-6-9/h10-15H,3-9,16-17H2,1-2H3;9,11H,1-8,10H2. The molecule has 28 heavy (non-hydrogen) atoms. The molecule has 7 N–H and O–H groups in total. The van der Waals surface area contributed by atoms with E-state index in [1.54, 1.807) is 0 Å². The summed E-state index contributed by atoms with van der Waals surface area (Å²) in [6, 6.07) is 1.73. The third-order valence-electron chi connectivity index (χ3n) is 7.77. The summed E-state index contributed by atoms with van der Waals surface area (Å²) >= 11 is 0. The lowest BCUT2D eigenvalue weighted by molar-refractivity contribution is 0.169. The Labute approximate surface area is 175 Å². The van der Waals surface area contributed by atoms with Gasteiger partial charge in [-0.05, 0) is 101 Å². The molecule has 3 saturated carbocycles. The summed E-state index contributed by atoms with van der Waals surface area (Å²) in [5.74, 6) is 3.35. The fraction of sp³-hybridized carbons (Fsp3) is 1.00. The molecule has 3 fully saturated rings. The highest BCUT2D eigenvalue weighted by atomic mass is 14.9. The van der Waals surface area contributed by atoms with Gasteiger partial charge in [0.05, 0.1) is 0 Å². The first-order chi connectivity index (χ1) is 13.5. The molecule has 0 heterocycles. The predicted octanol–water partition coefficient (Wildman–Crippen LogP) is 4.16. The van der Waals surface area contributed by atoms with E-state index in [4.69, 9.17) is 17.2 Å². The zero-order valence-corrected chi connectivity index (χ0v) is 18.9. The van der Waals surface area contributed by atoms with E-state index in [0.29, 0.717) is 12.1 Å². The van der Waals surface area contributed by atoms with Crippen molar-refractivity contribution in [2.75, 3.05) is 13.1 Å². The molecular formula is C24H50N4. The van der Waals surface area contributed by atoms with Crippen molar-refractivity contribution in [2.24, 2.45) is 40.9 Å². The van der Waals surface area contributed by atoms with Gasteiger partial charge in [-0.15, -0.1) is 0 Å². The summed E-state index contributed by atoms with van der Waals surface area (Å²) < 4.78 is 0. The summed E-state index contributed by atoms with van der Waals surface area (Å²) in [6.07, 6.45) is 17.5. The number of nitrogens with one attached hydrogen (secondary N) is 1. The van der Waals surface area contributed by atoms with Gasteiger partial charge in [-0.25, -0.2) is 0 Å². The van der Waals surface area contributed by atoms with Crippen LogP contribution in [0.15, 0.2) is 0 Å². The maximum Gasteiger partial charge on any atom is 0.00670 e. The van der Waals surface area contributed by atoms with Gasteiger partial charge in [-0.3, -0.25) is 0 Å². The molecule has 0 aliphatic heterocycles. The average Bonchev–Trinajstić information content (AvgIpc) is 2.69. The maximum absolute atomic E-state index is 6.10. The van der Waals surface area contributed by atoms with Crippen LogP contribution in [0.5, 0.6) is 0 Å². The third kappa shape index (κ3) is 8.69. The Morgan fingerprint density at radius 1 is 0.750 bits per heavy atom. The Morgan fingerprint density at radius 2 is 1.29 bits per heavy atom. The minimum Gasteiger partial charge on any atom is -0.330 e. The normalized spacial score (nSPS) is 37.2. The van der Waals surface area contributed by atoms with E-state index in [1.807, 2.05) is 0 Å². The van der Waals surface area contributed by atoms with E-state index in [0.717, 1.165) is 49.2 Å². The van der Waals surface area contributed by atoms with Gasteiger partial charge >= 0.3 is 0 Å². The van der Waals surface area contributed by atoms with Crippen molar-refractivity contribution in [3.05, 3.63) is 0 Å². The van der Waals surface area contributed by atoms with Crippen LogP contribution >= 0.6 is 0 Å². The lowest BCUT2D eigenvalue weighted by Crippen LogP contribution is -2.37. The summed E-state index contributed by atoms with van der Waals surface area (Å²) in [5, 5.41) is 3.54. The fourth-order valence-electron chi connectivity index (χ4n) is 5.68. The average molecular weight is 395 g/mol. The molecule has 6 unspecified atom stereocenters. The van der Waals surface area contributed by atoms with E-state index in [2.05, 4.69) is 19.2 Å². The number of rotatable bonds is 6. The van der Waals surface area contributed by atoms with Gasteiger partial charge in [0.2, 0.25) is 0 Å². The van der Waals surface area contributed by atoms with Gasteiger partial charge in [0, 0.05) is 18.1 Å². The summed E-state index contributed by atoms with van der Waals surface area (Å²) in [7, 11) is 0. The van der Waals surface area contributed by atoms with E-state index in [9.17, 15) is 0 Å². The highest BCUT2D eigenvalue weighted by Gasteiger charge is 2.30. The van der Waals surface area contributed by atoms with Crippen LogP contribution < -0.4 is 22.5 Å². The largest absolute Gasteiger partial charge is 0.330 e. The Morgan fingerprint density at radius 3 is 1.75 bits per heavy atom. The van der Waals surface area contributed by atoms with Gasteiger partial charge in [-0.1, -0.05) is 33.1 Å². The van der Waals surface area contributed by atoms with Crippen LogP contribution in [0.2, 0.25) is 0 Å². The Bertz CT molecular complexity index is 372. The molecule has 3 rings (SSSR count). The number of nitrogens with two attached hydrogens (primary N) is 3. The van der Waals surface area contributed by atoms with Crippen molar-refractivity contribution in [1.29, 1.82) is 0 Å². The first kappa shape index (κ1) is 24.1. The predicted molar refractivity (Wildman–Crippen MR) is 122 cm³/mol. The molecule has 0 aromatic rings. The molecule has 0 radical (unpaired) electrons. The molecule has 3 aliphatic rings. The van der Waals surface area contributed by atoms with E-state index < -0.39 is 0 Å². The van der Waals surface area contributed by atoms with Crippen molar-refractivity contribution >= 4 is 0 Å². The molecule has 0 aromatic heterocycles. The zero-order valence-electron chi connectivity index (χ0n) is 18.9. The first-order valence-electron chi connectivity index (χ1n) is 12.4. The topological polar surface area (TPSA) is 90.1 Å². The third-order valence-corrected chi connectivity index (χ3v) is 7.77. The maximum atomic E-state index is 6.10. The quantitative estimate of drug-likeness (QED) is 0.509.